The molecular weight excluding hydrogens is 574 g/mol. The summed E-state index contributed by atoms with van der Waals surface area (Å²) in [5.74, 6) is -0.160. The van der Waals surface area contributed by atoms with E-state index in [4.69, 9.17) is 11.6 Å². The van der Waals surface area contributed by atoms with Crippen molar-refractivity contribution in [3.05, 3.63) is 89.1 Å². The SMILES string of the molecule is COC(=O)Nc1ccc2c(c1)NC(=O)C/C=C\CC(NC(=O)/C=C/c1cc(Cl)ccc1-n1cnnn1)c1cc-2nc(C)n1. The molecule has 3 amide bonds. The zero-order chi connectivity index (χ0) is 30.3. The van der Waals surface area contributed by atoms with Gasteiger partial charge in [0.15, 0.2) is 0 Å². The zero-order valence-electron chi connectivity index (χ0n) is 23.1. The molecule has 0 saturated heterocycles. The Labute approximate surface area is 251 Å². The Morgan fingerprint density at radius 3 is 2.79 bits per heavy atom. The van der Waals surface area contributed by atoms with E-state index in [9.17, 15) is 14.4 Å². The molecule has 0 aliphatic carbocycles. The van der Waals surface area contributed by atoms with E-state index in [2.05, 4.69) is 46.2 Å². The van der Waals surface area contributed by atoms with Crippen LogP contribution in [-0.4, -0.2) is 55.2 Å². The normalized spacial score (nSPS) is 15.4. The fourth-order valence-corrected chi connectivity index (χ4v) is 4.61. The summed E-state index contributed by atoms with van der Waals surface area (Å²) < 4.78 is 6.15. The van der Waals surface area contributed by atoms with E-state index in [1.807, 2.05) is 6.08 Å². The molecular formula is C29H26ClN9O4. The summed E-state index contributed by atoms with van der Waals surface area (Å²) in [7, 11) is 1.26. The second-order valence-corrected chi connectivity index (χ2v) is 9.85. The summed E-state index contributed by atoms with van der Waals surface area (Å²) in [5, 5.41) is 20.2. The third kappa shape index (κ3) is 7.26. The monoisotopic (exact) mass is 599 g/mol. The van der Waals surface area contributed by atoms with Gasteiger partial charge in [-0.1, -0.05) is 23.8 Å². The molecule has 3 heterocycles. The molecule has 0 fully saturated rings. The third-order valence-electron chi connectivity index (χ3n) is 6.37. The van der Waals surface area contributed by atoms with Crippen LogP contribution in [0.3, 0.4) is 0 Å². The van der Waals surface area contributed by atoms with Crippen LogP contribution in [0.2, 0.25) is 5.02 Å². The average Bonchev–Trinajstić information content (AvgIpc) is 3.52. The number of aryl methyl sites for hydroxylation is 1. The number of ether oxygens (including phenoxy) is 1. The number of halogens is 1. The summed E-state index contributed by atoms with van der Waals surface area (Å²) >= 11 is 6.20. The Balaban J connectivity index is 1.46. The van der Waals surface area contributed by atoms with Gasteiger partial charge < -0.3 is 15.4 Å². The quantitative estimate of drug-likeness (QED) is 0.222. The van der Waals surface area contributed by atoms with Gasteiger partial charge in [0.1, 0.15) is 12.2 Å². The number of anilines is 2. The Morgan fingerprint density at radius 1 is 1.14 bits per heavy atom. The molecule has 1 aliphatic rings. The van der Waals surface area contributed by atoms with Gasteiger partial charge in [0.05, 0.1) is 35.9 Å². The van der Waals surface area contributed by atoms with Gasteiger partial charge in [-0.05, 0) is 72.3 Å². The molecule has 4 aromatic rings. The van der Waals surface area contributed by atoms with E-state index < -0.39 is 12.1 Å². The van der Waals surface area contributed by atoms with Crippen LogP contribution in [0.4, 0.5) is 16.2 Å². The van der Waals surface area contributed by atoms with Crippen molar-refractivity contribution >= 4 is 47.0 Å². The zero-order valence-corrected chi connectivity index (χ0v) is 23.9. The van der Waals surface area contributed by atoms with Gasteiger partial charge in [-0.25, -0.2) is 14.8 Å². The van der Waals surface area contributed by atoms with Gasteiger partial charge in [0.25, 0.3) is 0 Å². The molecule has 43 heavy (non-hydrogen) atoms. The van der Waals surface area contributed by atoms with Crippen LogP contribution in [0.1, 0.15) is 36.0 Å². The first kappa shape index (κ1) is 29.1. The highest BCUT2D eigenvalue weighted by atomic mass is 35.5. The van der Waals surface area contributed by atoms with Crippen molar-refractivity contribution in [1.29, 1.82) is 0 Å². The molecule has 2 aromatic carbocycles. The topological polar surface area (TPSA) is 166 Å². The van der Waals surface area contributed by atoms with E-state index in [0.29, 0.717) is 56.8 Å². The molecule has 3 N–H and O–H groups in total. The third-order valence-corrected chi connectivity index (χ3v) is 6.61. The number of carbonyl (C=O) groups excluding carboxylic acids is 3. The number of benzene rings is 2. The highest BCUT2D eigenvalue weighted by molar-refractivity contribution is 6.30. The van der Waals surface area contributed by atoms with Gasteiger partial charge in [-0.3, -0.25) is 14.9 Å². The lowest BCUT2D eigenvalue weighted by atomic mass is 10.0. The first-order valence-electron chi connectivity index (χ1n) is 13.1. The molecule has 1 atom stereocenters. The number of tetrazole rings is 1. The molecule has 218 valence electrons. The van der Waals surface area contributed by atoms with Crippen molar-refractivity contribution < 1.29 is 19.1 Å². The number of aromatic nitrogens is 6. The van der Waals surface area contributed by atoms with Gasteiger partial charge in [-0.2, -0.15) is 4.68 Å². The summed E-state index contributed by atoms with van der Waals surface area (Å²) in [6, 6.07) is 11.4. The first-order valence-corrected chi connectivity index (χ1v) is 13.5. The van der Waals surface area contributed by atoms with E-state index in [-0.39, 0.29) is 18.2 Å². The number of rotatable bonds is 5. The number of nitrogens with one attached hydrogen (secondary N) is 3. The van der Waals surface area contributed by atoms with Gasteiger partial charge >= 0.3 is 6.09 Å². The lowest BCUT2D eigenvalue weighted by Crippen LogP contribution is -2.27. The first-order chi connectivity index (χ1) is 20.8. The summed E-state index contributed by atoms with van der Waals surface area (Å²) in [5.41, 5.74) is 3.89. The van der Waals surface area contributed by atoms with Crippen LogP contribution in [0.25, 0.3) is 23.0 Å². The van der Waals surface area contributed by atoms with E-state index >= 15 is 0 Å². The maximum atomic E-state index is 13.2. The molecule has 13 nitrogen and oxygen atoms in total. The minimum absolute atomic E-state index is 0.0944. The fourth-order valence-electron chi connectivity index (χ4n) is 4.43. The smallest absolute Gasteiger partial charge is 0.411 e. The van der Waals surface area contributed by atoms with Crippen molar-refractivity contribution in [3.8, 4) is 16.9 Å². The molecule has 1 aliphatic heterocycles. The summed E-state index contributed by atoms with van der Waals surface area (Å²) in [6.45, 7) is 1.75. The standard InChI is InChI=1S/C29H26ClN9O4/c1-17-32-24-15-25(33-17)22(35-28(41)12-7-18-13-19(30)8-11-26(18)39-16-31-37-38-39)5-3-4-6-27(40)36-23-14-20(9-10-21(23)24)34-29(42)43-2/h3-4,7-16,22H,5-6H2,1-2H3,(H,34,42)(H,35,41)(H,36,40)/b4-3-,12-7+. The summed E-state index contributed by atoms with van der Waals surface area (Å²) in [6.07, 6.45) is 7.84. The van der Waals surface area contributed by atoms with Crippen molar-refractivity contribution in [3.63, 3.8) is 0 Å². The fraction of sp³-hybridized carbons (Fsp3) is 0.172. The molecule has 2 aromatic heterocycles. The minimum Gasteiger partial charge on any atom is -0.453 e. The van der Waals surface area contributed by atoms with Crippen LogP contribution >= 0.6 is 11.6 Å². The van der Waals surface area contributed by atoms with Crippen molar-refractivity contribution in [2.75, 3.05) is 17.7 Å². The van der Waals surface area contributed by atoms with E-state index in [1.165, 1.54) is 24.2 Å². The largest absolute Gasteiger partial charge is 0.453 e. The van der Waals surface area contributed by atoms with E-state index in [1.54, 1.807) is 61.5 Å². The number of nitrogens with zero attached hydrogens (tertiary/aromatic N) is 6. The number of fused-ring (bicyclic) bond motifs is 4. The lowest BCUT2D eigenvalue weighted by Gasteiger charge is -2.19. The minimum atomic E-state index is -0.642. The van der Waals surface area contributed by atoms with Gasteiger partial charge in [0.2, 0.25) is 11.8 Å². The van der Waals surface area contributed by atoms with Gasteiger partial charge in [0, 0.05) is 34.3 Å². The number of carbonyl (C=O) groups is 3. The number of hydrogen-bond acceptors (Lipinski definition) is 9. The number of methoxy groups -OCH3 is 1. The number of hydrogen-bond donors (Lipinski definition) is 3. The van der Waals surface area contributed by atoms with Gasteiger partial charge in [-0.15, -0.1) is 5.10 Å². The molecule has 1 unspecified atom stereocenters. The predicted molar refractivity (Wildman–Crippen MR) is 159 cm³/mol. The van der Waals surface area contributed by atoms with E-state index in [0.717, 1.165) is 0 Å². The van der Waals surface area contributed by atoms with Crippen molar-refractivity contribution in [1.82, 2.24) is 35.5 Å². The van der Waals surface area contributed by atoms with Crippen LogP contribution in [0.5, 0.6) is 0 Å². The Kier molecular flexibility index (Phi) is 8.82. The molecule has 0 spiro atoms. The molecule has 0 radical (unpaired) electrons. The second kappa shape index (κ2) is 13.0. The number of amides is 3. The Morgan fingerprint density at radius 2 is 2.00 bits per heavy atom. The van der Waals surface area contributed by atoms with Crippen LogP contribution in [-0.2, 0) is 14.3 Å². The van der Waals surface area contributed by atoms with Crippen molar-refractivity contribution in [2.24, 2.45) is 0 Å². The second-order valence-electron chi connectivity index (χ2n) is 9.41. The van der Waals surface area contributed by atoms with Crippen LogP contribution in [0, 0.1) is 6.92 Å². The van der Waals surface area contributed by atoms with Crippen LogP contribution < -0.4 is 16.0 Å². The molecule has 2 bridgehead atoms. The average molecular weight is 600 g/mol. The maximum Gasteiger partial charge on any atom is 0.411 e. The van der Waals surface area contributed by atoms with Crippen LogP contribution in [0.15, 0.2) is 67.0 Å². The Hall–Kier alpha value is -5.43. The highest BCUT2D eigenvalue weighted by Gasteiger charge is 2.19. The lowest BCUT2D eigenvalue weighted by molar-refractivity contribution is -0.117. The maximum absolute atomic E-state index is 13.2. The molecule has 5 rings (SSSR count). The Bertz CT molecular complexity index is 1740. The van der Waals surface area contributed by atoms with Crippen molar-refractivity contribution in [2.45, 2.75) is 25.8 Å². The predicted octanol–water partition coefficient (Wildman–Crippen LogP) is 4.42. The highest BCUT2D eigenvalue weighted by Crippen LogP contribution is 2.32. The molecule has 14 heteroatoms. The molecule has 0 saturated carbocycles. The summed E-state index contributed by atoms with van der Waals surface area (Å²) in [4.78, 5) is 46.9.